The summed E-state index contributed by atoms with van der Waals surface area (Å²) in [5, 5.41) is 9.77. The van der Waals surface area contributed by atoms with Crippen LogP contribution in [0.4, 0.5) is 11.4 Å². The van der Waals surface area contributed by atoms with Gasteiger partial charge in [-0.05, 0) is 36.8 Å². The second kappa shape index (κ2) is 11.1. The van der Waals surface area contributed by atoms with Crippen LogP contribution in [0.3, 0.4) is 0 Å². The average molecular weight is 431 g/mol. The van der Waals surface area contributed by atoms with Crippen LogP contribution in [0.5, 0.6) is 0 Å². The van der Waals surface area contributed by atoms with E-state index in [1.165, 1.54) is 6.21 Å². The number of amides is 2. The molecule has 7 heteroatoms. The number of carbonyl (C=O) groups is 2. The Kier molecular flexibility index (Phi) is 8.51. The van der Waals surface area contributed by atoms with E-state index in [-0.39, 0.29) is 0 Å². The molecular weight excluding hydrogens is 408 g/mol. The number of anilines is 2. The van der Waals surface area contributed by atoms with E-state index < -0.39 is 11.8 Å². The highest BCUT2D eigenvalue weighted by molar-refractivity contribution is 9.10. The molecule has 0 fully saturated rings. The van der Waals surface area contributed by atoms with Crippen molar-refractivity contribution >= 4 is 45.3 Å². The van der Waals surface area contributed by atoms with Gasteiger partial charge in [0.2, 0.25) is 0 Å². The lowest BCUT2D eigenvalue weighted by molar-refractivity contribution is -0.139. The Labute approximate surface area is 167 Å². The molecule has 0 atom stereocenters. The third-order valence-electron chi connectivity index (χ3n) is 3.71. The van der Waals surface area contributed by atoms with Gasteiger partial charge in [0, 0.05) is 28.0 Å². The summed E-state index contributed by atoms with van der Waals surface area (Å²) in [5.41, 5.74) is 4.78. The first-order chi connectivity index (χ1) is 13.1. The van der Waals surface area contributed by atoms with Crippen LogP contribution in [0.1, 0.15) is 31.7 Å². The summed E-state index contributed by atoms with van der Waals surface area (Å²) in [6.45, 7) is 2.56. The Morgan fingerprint density at radius 3 is 2.59 bits per heavy atom. The van der Waals surface area contributed by atoms with Crippen molar-refractivity contribution in [1.29, 1.82) is 0 Å². The first-order valence-electron chi connectivity index (χ1n) is 8.83. The molecule has 0 spiro atoms. The van der Waals surface area contributed by atoms with Gasteiger partial charge in [0.05, 0.1) is 6.21 Å². The number of benzene rings is 2. The number of para-hydroxylation sites is 1. The molecule has 27 heavy (non-hydrogen) atoms. The minimum absolute atomic E-state index is 0.487. The fourth-order valence-electron chi connectivity index (χ4n) is 2.30. The number of hydrazone groups is 1. The molecule has 0 unspecified atom stereocenters. The van der Waals surface area contributed by atoms with E-state index in [0.717, 1.165) is 40.7 Å². The minimum Gasteiger partial charge on any atom is -0.355 e. The van der Waals surface area contributed by atoms with Crippen molar-refractivity contribution in [3.05, 3.63) is 58.6 Å². The number of hydrogen-bond donors (Lipinski definition) is 3. The zero-order valence-corrected chi connectivity index (χ0v) is 16.8. The molecule has 0 saturated heterocycles. The van der Waals surface area contributed by atoms with Gasteiger partial charge in [0.1, 0.15) is 0 Å². The lowest BCUT2D eigenvalue weighted by Crippen LogP contribution is -2.38. The van der Waals surface area contributed by atoms with Crippen LogP contribution in [0.25, 0.3) is 0 Å². The lowest BCUT2D eigenvalue weighted by Gasteiger charge is -2.10. The fraction of sp³-hybridized carbons (Fsp3) is 0.250. The summed E-state index contributed by atoms with van der Waals surface area (Å²) in [6.07, 6.45) is 4.42. The van der Waals surface area contributed by atoms with E-state index in [2.05, 4.69) is 44.0 Å². The number of rotatable bonds is 8. The van der Waals surface area contributed by atoms with E-state index >= 15 is 0 Å². The normalized spacial score (nSPS) is 10.6. The smallest absolute Gasteiger partial charge is 0.329 e. The number of unbranched alkanes of at least 4 members (excludes halogenated alkanes) is 2. The van der Waals surface area contributed by atoms with Crippen molar-refractivity contribution in [2.24, 2.45) is 5.10 Å². The van der Waals surface area contributed by atoms with Crippen molar-refractivity contribution in [2.75, 3.05) is 11.9 Å². The Hall–Kier alpha value is -2.67. The topological polar surface area (TPSA) is 82.6 Å². The van der Waals surface area contributed by atoms with Crippen molar-refractivity contribution in [3.63, 3.8) is 0 Å². The summed E-state index contributed by atoms with van der Waals surface area (Å²) >= 11 is 3.43. The molecule has 0 aromatic heterocycles. The van der Waals surface area contributed by atoms with Crippen molar-refractivity contribution in [2.45, 2.75) is 26.2 Å². The molecule has 0 heterocycles. The average Bonchev–Trinajstić information content (AvgIpc) is 2.68. The molecule has 0 radical (unpaired) electrons. The Bertz CT molecular complexity index is 794. The third kappa shape index (κ3) is 7.22. The van der Waals surface area contributed by atoms with E-state index in [4.69, 9.17) is 0 Å². The quantitative estimate of drug-likeness (QED) is 0.256. The number of carbonyl (C=O) groups excluding carboxylic acids is 2. The van der Waals surface area contributed by atoms with Crippen LogP contribution in [0.15, 0.2) is 58.1 Å². The maximum atomic E-state index is 11.8. The van der Waals surface area contributed by atoms with Gasteiger partial charge in [-0.25, -0.2) is 5.43 Å². The van der Waals surface area contributed by atoms with Crippen LogP contribution in [-0.4, -0.2) is 24.6 Å². The van der Waals surface area contributed by atoms with E-state index in [1.807, 2.05) is 48.5 Å². The number of nitrogens with one attached hydrogen (secondary N) is 3. The van der Waals surface area contributed by atoms with Gasteiger partial charge in [0.25, 0.3) is 0 Å². The van der Waals surface area contributed by atoms with Gasteiger partial charge in [-0.3, -0.25) is 9.59 Å². The SMILES string of the molecule is CCCCCNC(=O)C(=O)N/N=C\c1cc(Br)ccc1Nc1ccccc1. The van der Waals surface area contributed by atoms with Gasteiger partial charge >= 0.3 is 11.8 Å². The first kappa shape index (κ1) is 20.6. The Balaban J connectivity index is 1.96. The van der Waals surface area contributed by atoms with Crippen molar-refractivity contribution in [1.82, 2.24) is 10.7 Å². The van der Waals surface area contributed by atoms with Gasteiger partial charge in [0.15, 0.2) is 0 Å². The third-order valence-corrected chi connectivity index (χ3v) is 4.20. The summed E-state index contributed by atoms with van der Waals surface area (Å²) in [6, 6.07) is 15.4. The van der Waals surface area contributed by atoms with Crippen molar-refractivity contribution < 1.29 is 9.59 Å². The van der Waals surface area contributed by atoms with Crippen LogP contribution in [0, 0.1) is 0 Å². The fourth-order valence-corrected chi connectivity index (χ4v) is 2.68. The molecule has 3 N–H and O–H groups in total. The molecule has 2 rings (SSSR count). The van der Waals surface area contributed by atoms with Crippen LogP contribution in [0.2, 0.25) is 0 Å². The molecule has 0 aliphatic carbocycles. The maximum Gasteiger partial charge on any atom is 0.329 e. The molecule has 0 saturated carbocycles. The van der Waals surface area contributed by atoms with Crippen LogP contribution in [-0.2, 0) is 9.59 Å². The number of nitrogens with zero attached hydrogens (tertiary/aromatic N) is 1. The van der Waals surface area contributed by atoms with Gasteiger partial charge in [-0.1, -0.05) is 53.9 Å². The predicted octanol–water partition coefficient (Wildman–Crippen LogP) is 3.95. The highest BCUT2D eigenvalue weighted by atomic mass is 79.9. The number of hydrogen-bond acceptors (Lipinski definition) is 4. The van der Waals surface area contributed by atoms with Crippen LogP contribution >= 0.6 is 15.9 Å². The highest BCUT2D eigenvalue weighted by Crippen LogP contribution is 2.23. The summed E-state index contributed by atoms with van der Waals surface area (Å²) in [4.78, 5) is 23.5. The zero-order chi connectivity index (χ0) is 19.5. The molecule has 6 nitrogen and oxygen atoms in total. The minimum atomic E-state index is -0.782. The second-order valence-electron chi connectivity index (χ2n) is 5.88. The molecule has 0 aliphatic rings. The molecule has 142 valence electrons. The highest BCUT2D eigenvalue weighted by Gasteiger charge is 2.11. The Morgan fingerprint density at radius 1 is 1.07 bits per heavy atom. The molecular formula is C20H23BrN4O2. The van der Waals surface area contributed by atoms with Gasteiger partial charge in [-0.15, -0.1) is 0 Å². The molecule has 0 bridgehead atoms. The molecule has 2 aromatic rings. The first-order valence-corrected chi connectivity index (χ1v) is 9.62. The van der Waals surface area contributed by atoms with Gasteiger partial charge < -0.3 is 10.6 Å². The lowest BCUT2D eigenvalue weighted by atomic mass is 10.2. The monoisotopic (exact) mass is 430 g/mol. The Morgan fingerprint density at radius 2 is 1.85 bits per heavy atom. The van der Waals surface area contributed by atoms with E-state index in [9.17, 15) is 9.59 Å². The zero-order valence-electron chi connectivity index (χ0n) is 15.2. The summed E-state index contributed by atoms with van der Waals surface area (Å²) in [7, 11) is 0. The largest absolute Gasteiger partial charge is 0.355 e. The van der Waals surface area contributed by atoms with Crippen molar-refractivity contribution in [3.8, 4) is 0 Å². The maximum absolute atomic E-state index is 11.8. The molecule has 0 aliphatic heterocycles. The number of halogens is 1. The molecule has 2 aromatic carbocycles. The summed E-state index contributed by atoms with van der Waals surface area (Å²) in [5.74, 6) is -1.46. The second-order valence-corrected chi connectivity index (χ2v) is 6.80. The van der Waals surface area contributed by atoms with E-state index in [0.29, 0.717) is 6.54 Å². The summed E-state index contributed by atoms with van der Waals surface area (Å²) < 4.78 is 0.877. The standard InChI is InChI=1S/C20H23BrN4O2/c1-2-3-7-12-22-19(26)20(27)25-23-14-15-13-16(21)10-11-18(15)24-17-8-5-4-6-9-17/h4-6,8-11,13-14,24H,2-3,7,12H2,1H3,(H,22,26)(H,25,27)/b23-14-. The van der Waals surface area contributed by atoms with Crippen LogP contribution < -0.4 is 16.1 Å². The van der Waals surface area contributed by atoms with Gasteiger partial charge in [-0.2, -0.15) is 5.10 Å². The predicted molar refractivity (Wildman–Crippen MR) is 112 cm³/mol. The molecule has 2 amide bonds. The van der Waals surface area contributed by atoms with E-state index in [1.54, 1.807) is 0 Å².